The summed E-state index contributed by atoms with van der Waals surface area (Å²) >= 11 is 0. The summed E-state index contributed by atoms with van der Waals surface area (Å²) in [7, 11) is 0. The van der Waals surface area contributed by atoms with Gasteiger partial charge in [-0.2, -0.15) is 0 Å². The molecule has 0 bridgehead atoms. The Morgan fingerprint density at radius 3 is 2.65 bits per heavy atom. The molecule has 0 spiro atoms. The topological polar surface area (TPSA) is 66.4 Å². The van der Waals surface area contributed by atoms with E-state index in [9.17, 15) is 0 Å². The Labute approximate surface area is 119 Å². The molecule has 1 fully saturated rings. The van der Waals surface area contributed by atoms with Crippen LogP contribution >= 0.6 is 0 Å². The van der Waals surface area contributed by atoms with Gasteiger partial charge in [0.05, 0.1) is 19.8 Å². The second-order valence-electron chi connectivity index (χ2n) is 3.65. The third kappa shape index (κ3) is 5.85. The summed E-state index contributed by atoms with van der Waals surface area (Å²) in [5.41, 5.74) is 0.935. The second-order valence-corrected chi connectivity index (χ2v) is 3.65. The molecule has 0 saturated carbocycles. The minimum atomic E-state index is -0.299. The average molecular weight is 286 g/mol. The maximum Gasteiger partial charge on any atom is 0.184 e. The van der Waals surface area contributed by atoms with Gasteiger partial charge in [-0.3, -0.25) is 0 Å². The fourth-order valence-corrected chi connectivity index (χ4v) is 1.62. The lowest BCUT2D eigenvalue weighted by Crippen LogP contribution is -2.08. The largest absolute Gasteiger partial charge is 0.491 e. The van der Waals surface area contributed by atoms with Crippen LogP contribution in [0.1, 0.15) is 25.7 Å². The van der Waals surface area contributed by atoms with Crippen molar-refractivity contribution in [2.45, 2.75) is 20.1 Å². The molecule has 0 amide bonds. The van der Waals surface area contributed by atoms with Crippen LogP contribution < -0.4 is 4.74 Å². The van der Waals surface area contributed by atoms with Crippen LogP contribution in [-0.4, -0.2) is 38.5 Å². The molecule has 0 aliphatic carbocycles. The molecule has 1 aromatic carbocycles. The number of rotatable bonds is 7. The Bertz CT molecular complexity index is 351. The van der Waals surface area contributed by atoms with Gasteiger partial charge in [-0.05, 0) is 12.1 Å². The van der Waals surface area contributed by atoms with Crippen molar-refractivity contribution in [1.82, 2.24) is 0 Å². The zero-order valence-electron chi connectivity index (χ0n) is 11.9. The Morgan fingerprint density at radius 1 is 1.20 bits per heavy atom. The van der Waals surface area contributed by atoms with Gasteiger partial charge in [0, 0.05) is 5.56 Å². The zero-order valence-corrected chi connectivity index (χ0v) is 11.9. The molecule has 6 nitrogen and oxygen atoms in total. The normalized spacial score (nSPS) is 14.8. The molecule has 1 aliphatic rings. The minimum Gasteiger partial charge on any atom is -0.491 e. The van der Waals surface area contributed by atoms with Gasteiger partial charge in [-0.25, -0.2) is 10.1 Å². The molecule has 1 N–H and O–H groups in total. The molecule has 6 heteroatoms. The van der Waals surface area contributed by atoms with E-state index in [1.165, 1.54) is 0 Å². The Kier molecular flexibility index (Phi) is 8.93. The van der Waals surface area contributed by atoms with E-state index in [-0.39, 0.29) is 13.1 Å². The maximum atomic E-state index is 8.05. The van der Waals surface area contributed by atoms with Gasteiger partial charge >= 0.3 is 0 Å². The Hall–Kier alpha value is -1.18. The van der Waals surface area contributed by atoms with E-state index < -0.39 is 0 Å². The summed E-state index contributed by atoms with van der Waals surface area (Å²) in [5.74, 6) is 0.722. The standard InChI is InChI=1S/C12H16O6.C2H6/c13-18-9-14-4-5-15-11-3-1-2-10(8-11)12-16-6-7-17-12;1-2/h1-3,8,12-13H,4-7,9H2;1-2H3. The molecule has 20 heavy (non-hydrogen) atoms. The number of ether oxygens (including phenoxy) is 4. The molecule has 0 radical (unpaired) electrons. The lowest BCUT2D eigenvalue weighted by molar-refractivity contribution is -0.296. The van der Waals surface area contributed by atoms with Crippen molar-refractivity contribution in [3.8, 4) is 5.75 Å². The van der Waals surface area contributed by atoms with Crippen LogP contribution in [0.3, 0.4) is 0 Å². The predicted octanol–water partition coefficient (Wildman–Crippen LogP) is 2.60. The average Bonchev–Trinajstić information content (AvgIpc) is 3.04. The maximum absolute atomic E-state index is 8.05. The lowest BCUT2D eigenvalue weighted by atomic mass is 10.2. The zero-order chi connectivity index (χ0) is 14.6. The Balaban J connectivity index is 0.000000956. The number of hydrogen-bond donors (Lipinski definition) is 1. The van der Waals surface area contributed by atoms with Crippen LogP contribution in [0.25, 0.3) is 0 Å². The summed E-state index contributed by atoms with van der Waals surface area (Å²) in [4.78, 5) is 3.77. The summed E-state index contributed by atoms with van der Waals surface area (Å²) in [6.07, 6.45) is -0.299. The van der Waals surface area contributed by atoms with E-state index in [2.05, 4.69) is 4.89 Å². The van der Waals surface area contributed by atoms with Crippen LogP contribution in [-0.2, 0) is 19.1 Å². The minimum absolute atomic E-state index is 0.160. The first-order valence-electron chi connectivity index (χ1n) is 6.70. The smallest absolute Gasteiger partial charge is 0.184 e. The van der Waals surface area contributed by atoms with Crippen LogP contribution in [0.5, 0.6) is 5.75 Å². The van der Waals surface area contributed by atoms with Crippen molar-refractivity contribution in [3.05, 3.63) is 29.8 Å². The van der Waals surface area contributed by atoms with Crippen LogP contribution in [0.2, 0.25) is 0 Å². The van der Waals surface area contributed by atoms with Crippen LogP contribution in [0.4, 0.5) is 0 Å². The van der Waals surface area contributed by atoms with E-state index >= 15 is 0 Å². The van der Waals surface area contributed by atoms with Gasteiger partial charge in [0.2, 0.25) is 0 Å². The van der Waals surface area contributed by atoms with E-state index in [1.807, 2.05) is 38.1 Å². The van der Waals surface area contributed by atoms with E-state index in [0.29, 0.717) is 26.4 Å². The highest BCUT2D eigenvalue weighted by molar-refractivity contribution is 5.29. The molecule has 114 valence electrons. The molecule has 1 saturated heterocycles. The van der Waals surface area contributed by atoms with E-state index in [4.69, 9.17) is 24.2 Å². The number of hydrogen-bond acceptors (Lipinski definition) is 6. The summed E-state index contributed by atoms with van der Waals surface area (Å²) < 4.78 is 21.2. The highest BCUT2D eigenvalue weighted by atomic mass is 17.1. The third-order valence-corrected chi connectivity index (χ3v) is 2.38. The first-order valence-corrected chi connectivity index (χ1v) is 6.70. The van der Waals surface area contributed by atoms with E-state index in [1.54, 1.807) is 0 Å². The van der Waals surface area contributed by atoms with Crippen molar-refractivity contribution in [2.24, 2.45) is 0 Å². The summed E-state index contributed by atoms with van der Waals surface area (Å²) in [5, 5.41) is 8.05. The molecule has 1 aromatic rings. The number of benzene rings is 1. The van der Waals surface area contributed by atoms with E-state index in [0.717, 1.165) is 11.3 Å². The second kappa shape index (κ2) is 10.6. The summed E-state index contributed by atoms with van der Waals surface area (Å²) in [6.45, 7) is 5.78. The van der Waals surface area contributed by atoms with Crippen molar-refractivity contribution in [2.75, 3.05) is 33.2 Å². The molecular weight excluding hydrogens is 264 g/mol. The molecular formula is C14H22O6. The summed E-state index contributed by atoms with van der Waals surface area (Å²) in [6, 6.07) is 7.53. The van der Waals surface area contributed by atoms with Gasteiger partial charge in [0.1, 0.15) is 12.4 Å². The molecule has 2 rings (SSSR count). The first-order chi connectivity index (χ1) is 9.90. The van der Waals surface area contributed by atoms with Crippen molar-refractivity contribution >= 4 is 0 Å². The van der Waals surface area contributed by atoms with Crippen LogP contribution in [0, 0.1) is 0 Å². The quantitative estimate of drug-likeness (QED) is 0.360. The monoisotopic (exact) mass is 286 g/mol. The molecule has 0 aromatic heterocycles. The fraction of sp³-hybridized carbons (Fsp3) is 0.571. The fourth-order valence-electron chi connectivity index (χ4n) is 1.62. The molecule has 0 atom stereocenters. The third-order valence-electron chi connectivity index (χ3n) is 2.38. The van der Waals surface area contributed by atoms with Gasteiger partial charge in [0.15, 0.2) is 13.1 Å². The van der Waals surface area contributed by atoms with Gasteiger partial charge in [-0.15, -0.1) is 0 Å². The van der Waals surface area contributed by atoms with Crippen molar-refractivity contribution < 1.29 is 29.1 Å². The van der Waals surface area contributed by atoms with Crippen molar-refractivity contribution in [1.29, 1.82) is 0 Å². The molecule has 0 unspecified atom stereocenters. The van der Waals surface area contributed by atoms with Crippen LogP contribution in [0.15, 0.2) is 24.3 Å². The predicted molar refractivity (Wildman–Crippen MR) is 72.5 cm³/mol. The first kappa shape index (κ1) is 16.9. The highest BCUT2D eigenvalue weighted by Crippen LogP contribution is 2.26. The lowest BCUT2D eigenvalue weighted by Gasteiger charge is -2.11. The highest BCUT2D eigenvalue weighted by Gasteiger charge is 2.18. The molecule has 1 heterocycles. The van der Waals surface area contributed by atoms with Crippen molar-refractivity contribution in [3.63, 3.8) is 0 Å². The van der Waals surface area contributed by atoms with Gasteiger partial charge in [0.25, 0.3) is 0 Å². The Morgan fingerprint density at radius 2 is 1.95 bits per heavy atom. The van der Waals surface area contributed by atoms with Gasteiger partial charge in [-0.1, -0.05) is 26.0 Å². The molecule has 1 aliphatic heterocycles. The SMILES string of the molecule is CC.OOCOCCOc1cccc(C2OCCO2)c1. The van der Waals surface area contributed by atoms with Gasteiger partial charge < -0.3 is 18.9 Å².